The summed E-state index contributed by atoms with van der Waals surface area (Å²) in [6.07, 6.45) is 42.0. The molecule has 0 heterocycles. The fourth-order valence-corrected chi connectivity index (χ4v) is 6.50. The second kappa shape index (κ2) is 38.6. The Kier molecular flexibility index (Phi) is 39.7. The number of rotatable bonds is 36. The molecule has 0 saturated carbocycles. The minimum Gasteiger partial charge on any atom is -0.747 e. The molecule has 0 aliphatic heterocycles. The van der Waals surface area contributed by atoms with Gasteiger partial charge < -0.3 is 14.0 Å². The van der Waals surface area contributed by atoms with Crippen LogP contribution < -0.4 is 29.6 Å². The predicted octanol–water partition coefficient (Wildman–Crippen LogP) is 9.15. The summed E-state index contributed by atoms with van der Waals surface area (Å²) in [6.45, 7) is 4.50. The van der Waals surface area contributed by atoms with Crippen LogP contribution in [0.25, 0.3) is 0 Å². The van der Waals surface area contributed by atoms with Crippen LogP contribution in [0.1, 0.15) is 213 Å². The molecule has 0 radical (unpaired) electrons. The first kappa shape index (κ1) is 50.4. The maximum absolute atomic E-state index is 12.2. The van der Waals surface area contributed by atoms with E-state index in [0.29, 0.717) is 6.42 Å². The van der Waals surface area contributed by atoms with Crippen molar-refractivity contribution >= 4 is 22.1 Å². The van der Waals surface area contributed by atoms with Gasteiger partial charge in [-0.05, 0) is 37.8 Å². The summed E-state index contributed by atoms with van der Waals surface area (Å²) in [5, 5.41) is -2.13. The van der Waals surface area contributed by atoms with E-state index >= 15 is 0 Å². The predicted molar refractivity (Wildman–Crippen MR) is 198 cm³/mol. The molecule has 0 saturated heterocycles. The second-order valence-electron chi connectivity index (χ2n) is 13.6. The molecule has 0 rings (SSSR count). The monoisotopic (exact) mass is 720 g/mol. The van der Waals surface area contributed by atoms with Gasteiger partial charge in [-0.2, -0.15) is 0 Å². The first-order chi connectivity index (χ1) is 23.3. The van der Waals surface area contributed by atoms with Gasteiger partial charge in [0.1, 0.15) is 10.1 Å². The van der Waals surface area contributed by atoms with Gasteiger partial charge in [0.2, 0.25) is 0 Å². The normalized spacial score (nSPS) is 12.4. The minimum atomic E-state index is -5.08. The molecule has 0 aromatic carbocycles. The van der Waals surface area contributed by atoms with Crippen LogP contribution in [-0.4, -0.2) is 30.2 Å². The van der Waals surface area contributed by atoms with Gasteiger partial charge in [-0.15, -0.1) is 0 Å². The summed E-state index contributed by atoms with van der Waals surface area (Å²) >= 11 is 0. The fourth-order valence-electron chi connectivity index (χ4n) is 5.87. The SMILES string of the molecule is CCCCCCCCCCCCCCCC/C=C/OC(=O)CC(C(=O)O/C=C/CCCCCCCCCCCCCCCC)S(=O)(=O)[O-].[Na+]. The van der Waals surface area contributed by atoms with E-state index in [1.54, 1.807) is 12.2 Å². The number of hydrogen-bond donors (Lipinski definition) is 0. The number of unbranched alkanes of at least 4 members (excludes halogenated alkanes) is 28. The van der Waals surface area contributed by atoms with Crippen LogP contribution in [0.2, 0.25) is 0 Å². The van der Waals surface area contributed by atoms with Crippen molar-refractivity contribution in [2.45, 2.75) is 218 Å². The van der Waals surface area contributed by atoms with Crippen LogP contribution in [-0.2, 0) is 29.2 Å². The fraction of sp³-hybridized carbons (Fsp3) is 0.850. The molecule has 0 spiro atoms. The van der Waals surface area contributed by atoms with E-state index in [0.717, 1.165) is 44.8 Å². The van der Waals surface area contributed by atoms with Crippen molar-refractivity contribution in [3.05, 3.63) is 24.7 Å². The summed E-state index contributed by atoms with van der Waals surface area (Å²) in [4.78, 5) is 24.3. The Morgan fingerprint density at radius 2 is 0.796 bits per heavy atom. The number of hydrogen-bond acceptors (Lipinski definition) is 7. The largest absolute Gasteiger partial charge is 1.00 e. The Morgan fingerprint density at radius 1 is 0.510 bits per heavy atom. The molecule has 1 atom stereocenters. The Morgan fingerprint density at radius 3 is 1.10 bits per heavy atom. The molecule has 0 aliphatic carbocycles. The molecule has 7 nitrogen and oxygen atoms in total. The van der Waals surface area contributed by atoms with Crippen molar-refractivity contribution in [1.82, 2.24) is 0 Å². The zero-order valence-electron chi connectivity index (χ0n) is 32.1. The molecule has 0 amide bonds. The van der Waals surface area contributed by atoms with Gasteiger partial charge in [0, 0.05) is 0 Å². The molecular weight excluding hydrogens is 647 g/mol. The van der Waals surface area contributed by atoms with E-state index in [1.807, 2.05) is 0 Å². The maximum Gasteiger partial charge on any atom is 1.00 e. The second-order valence-corrected chi connectivity index (χ2v) is 15.2. The smallest absolute Gasteiger partial charge is 0.747 e. The molecule has 0 aromatic rings. The summed E-state index contributed by atoms with van der Waals surface area (Å²) < 4.78 is 44.6. The van der Waals surface area contributed by atoms with Gasteiger partial charge in [-0.1, -0.05) is 181 Å². The Balaban J connectivity index is 0. The van der Waals surface area contributed by atoms with E-state index < -0.39 is 33.7 Å². The zero-order valence-corrected chi connectivity index (χ0v) is 34.9. The first-order valence-electron chi connectivity index (χ1n) is 20.0. The van der Waals surface area contributed by atoms with Crippen molar-refractivity contribution in [2.24, 2.45) is 0 Å². The maximum atomic E-state index is 12.2. The molecule has 282 valence electrons. The molecule has 1 unspecified atom stereocenters. The van der Waals surface area contributed by atoms with E-state index in [-0.39, 0.29) is 29.6 Å². The van der Waals surface area contributed by atoms with E-state index in [1.165, 1.54) is 154 Å². The van der Waals surface area contributed by atoms with Gasteiger partial charge in [0.05, 0.1) is 18.9 Å². The topological polar surface area (TPSA) is 110 Å². The average molecular weight is 721 g/mol. The molecule has 9 heteroatoms. The van der Waals surface area contributed by atoms with Gasteiger partial charge in [-0.3, -0.25) is 9.59 Å². The molecule has 49 heavy (non-hydrogen) atoms. The third kappa shape index (κ3) is 36.9. The number of esters is 2. The van der Waals surface area contributed by atoms with Crippen LogP contribution in [0, 0.1) is 0 Å². The van der Waals surface area contributed by atoms with E-state index in [2.05, 4.69) is 13.8 Å². The molecule has 0 N–H and O–H groups in total. The Hall–Kier alpha value is -0.670. The minimum absolute atomic E-state index is 0. The molecule has 0 aliphatic rings. The number of allylic oxidation sites excluding steroid dienone is 2. The molecule has 0 aromatic heterocycles. The third-order valence-electron chi connectivity index (χ3n) is 8.99. The van der Waals surface area contributed by atoms with Crippen molar-refractivity contribution in [2.75, 3.05) is 0 Å². The van der Waals surface area contributed by atoms with Gasteiger partial charge >= 0.3 is 41.5 Å². The van der Waals surface area contributed by atoms with Crippen molar-refractivity contribution in [1.29, 1.82) is 0 Å². The zero-order chi connectivity index (χ0) is 35.4. The molecule has 0 fully saturated rings. The summed E-state index contributed by atoms with van der Waals surface area (Å²) in [7, 11) is -5.08. The number of carbonyl (C=O) groups is 2. The van der Waals surface area contributed by atoms with Crippen LogP contribution in [0.4, 0.5) is 0 Å². The quantitative estimate of drug-likeness (QED) is 0.0209. The van der Waals surface area contributed by atoms with Crippen LogP contribution in [0.5, 0.6) is 0 Å². The summed E-state index contributed by atoms with van der Waals surface area (Å²) in [5.74, 6) is -2.22. The van der Waals surface area contributed by atoms with Gasteiger partial charge in [0.25, 0.3) is 0 Å². The van der Waals surface area contributed by atoms with Crippen molar-refractivity contribution < 1.29 is 61.6 Å². The molecule has 0 bridgehead atoms. The third-order valence-corrected chi connectivity index (χ3v) is 10.0. The number of carbonyl (C=O) groups excluding carboxylic acids is 2. The van der Waals surface area contributed by atoms with Gasteiger partial charge in [0.15, 0.2) is 5.25 Å². The Labute approximate surface area is 324 Å². The number of ether oxygens (including phenoxy) is 2. The van der Waals surface area contributed by atoms with Crippen LogP contribution in [0.3, 0.4) is 0 Å². The summed E-state index contributed by atoms with van der Waals surface area (Å²) in [6, 6.07) is 0. The van der Waals surface area contributed by atoms with Gasteiger partial charge in [-0.25, -0.2) is 8.42 Å². The standard InChI is InChI=1S/C40H74O7S.Na/c1-3-5-7-9-11-13-15-17-19-21-23-25-27-29-31-33-35-46-39(41)37-38(48(43,44)45)40(42)47-36-34-32-30-28-26-24-22-20-18-16-14-12-10-8-6-4-2;/h33-36,38H,3-32,37H2,1-2H3,(H,43,44,45);/q;+1/p-1/b35-33+,36-34+;. The summed E-state index contributed by atoms with van der Waals surface area (Å²) in [5.41, 5.74) is 0. The average Bonchev–Trinajstić information content (AvgIpc) is 3.05. The van der Waals surface area contributed by atoms with E-state index in [4.69, 9.17) is 9.47 Å². The van der Waals surface area contributed by atoms with Crippen molar-refractivity contribution in [3.8, 4) is 0 Å². The van der Waals surface area contributed by atoms with Crippen molar-refractivity contribution in [3.63, 3.8) is 0 Å². The Bertz CT molecular complexity index is 904. The molecular formula is C40H73NaO7S. The first-order valence-corrected chi connectivity index (χ1v) is 21.4. The van der Waals surface area contributed by atoms with E-state index in [9.17, 15) is 22.6 Å². The van der Waals surface area contributed by atoms with Crippen LogP contribution in [0.15, 0.2) is 24.7 Å². The van der Waals surface area contributed by atoms with Crippen LogP contribution >= 0.6 is 0 Å².